The zero-order valence-electron chi connectivity index (χ0n) is 15.2. The van der Waals surface area contributed by atoms with Crippen LogP contribution in [0.25, 0.3) is 11.3 Å². The van der Waals surface area contributed by atoms with E-state index in [1.807, 2.05) is 12.1 Å². The molecule has 6 N–H and O–H groups in total. The molecule has 0 radical (unpaired) electrons. The predicted octanol–water partition coefficient (Wildman–Crippen LogP) is 2.43. The molecule has 1 aliphatic heterocycles. The summed E-state index contributed by atoms with van der Waals surface area (Å²) >= 11 is 0. The van der Waals surface area contributed by atoms with Crippen molar-refractivity contribution in [2.75, 3.05) is 18.5 Å². The van der Waals surface area contributed by atoms with Crippen LogP contribution >= 0.6 is 12.4 Å². The molecule has 1 amide bonds. The van der Waals surface area contributed by atoms with Gasteiger partial charge in [-0.25, -0.2) is 4.99 Å². The molecule has 4 rings (SSSR count). The van der Waals surface area contributed by atoms with E-state index in [4.69, 9.17) is 20.9 Å². The molecule has 0 fully saturated rings. The molecule has 0 spiro atoms. The normalized spacial score (nSPS) is 11.9. The molecule has 0 saturated heterocycles. The summed E-state index contributed by atoms with van der Waals surface area (Å²) in [6.45, 7) is 0.999. The number of amides is 1. The van der Waals surface area contributed by atoms with Gasteiger partial charge < -0.3 is 26.3 Å². The lowest BCUT2D eigenvalue weighted by molar-refractivity contribution is 0.102. The Hall–Kier alpha value is -3.72. The number of benzene rings is 2. The Morgan fingerprint density at radius 2 is 1.76 bits per heavy atom. The van der Waals surface area contributed by atoms with Crippen molar-refractivity contribution in [2.45, 2.75) is 0 Å². The van der Waals surface area contributed by atoms with Crippen LogP contribution in [0.2, 0.25) is 0 Å². The first kappa shape index (κ1) is 20.0. The van der Waals surface area contributed by atoms with Crippen molar-refractivity contribution in [3.63, 3.8) is 0 Å². The van der Waals surface area contributed by atoms with Crippen molar-refractivity contribution in [1.29, 1.82) is 0 Å². The summed E-state index contributed by atoms with van der Waals surface area (Å²) in [4.78, 5) is 16.5. The van der Waals surface area contributed by atoms with Crippen LogP contribution in [0.3, 0.4) is 0 Å². The highest BCUT2D eigenvalue weighted by Crippen LogP contribution is 2.32. The topological polar surface area (TPSA) is 141 Å². The van der Waals surface area contributed by atoms with Crippen LogP contribution in [-0.4, -0.2) is 35.3 Å². The number of nitrogens with one attached hydrogen (secondary N) is 2. The third-order valence-corrected chi connectivity index (χ3v) is 4.04. The van der Waals surface area contributed by atoms with Crippen LogP contribution in [0.1, 0.15) is 10.5 Å². The number of ether oxygens (including phenoxy) is 2. The Bertz CT molecular complexity index is 1040. The van der Waals surface area contributed by atoms with Gasteiger partial charge in [-0.1, -0.05) is 12.1 Å². The fourth-order valence-electron chi connectivity index (χ4n) is 2.76. The van der Waals surface area contributed by atoms with E-state index in [-0.39, 0.29) is 24.3 Å². The van der Waals surface area contributed by atoms with Crippen molar-refractivity contribution in [3.05, 3.63) is 54.2 Å². The standard InChI is InChI=1S/C19H18N6O3.ClH/c20-19(21)23-12-3-1-11(2-4-12)14-10-15(25-24-14)18(26)22-13-5-6-16-17(9-13)28-8-7-27-16;/h1-6,9-10H,7-8H2,(H,22,26)(H,24,25)(H4,20,21,23);1H. The Labute approximate surface area is 172 Å². The van der Waals surface area contributed by atoms with Gasteiger partial charge in [-0.2, -0.15) is 5.10 Å². The van der Waals surface area contributed by atoms with Gasteiger partial charge in [0.2, 0.25) is 0 Å². The minimum absolute atomic E-state index is 0. The molecule has 0 atom stereocenters. The molecule has 1 aromatic heterocycles. The number of carbonyl (C=O) groups is 1. The van der Waals surface area contributed by atoms with Crippen molar-refractivity contribution < 1.29 is 14.3 Å². The van der Waals surface area contributed by atoms with Crippen LogP contribution < -0.4 is 26.3 Å². The van der Waals surface area contributed by atoms with Gasteiger partial charge in [0.1, 0.15) is 18.9 Å². The van der Waals surface area contributed by atoms with Gasteiger partial charge >= 0.3 is 0 Å². The SMILES string of the molecule is Cl.NC(N)=Nc1ccc(-c2cc(C(=O)Nc3ccc4c(c3)OCCO4)[nH]n2)cc1. The number of nitrogens with zero attached hydrogens (tertiary/aromatic N) is 2. The van der Waals surface area contributed by atoms with E-state index in [1.54, 1.807) is 36.4 Å². The molecule has 10 heteroatoms. The number of aliphatic imine (C=N–C) groups is 1. The molecule has 3 aromatic rings. The molecule has 9 nitrogen and oxygen atoms in total. The molecular formula is C19H19ClN6O3. The van der Waals surface area contributed by atoms with Gasteiger partial charge in [0.05, 0.1) is 11.4 Å². The number of aromatic amines is 1. The van der Waals surface area contributed by atoms with Crippen molar-refractivity contribution in [1.82, 2.24) is 10.2 Å². The number of H-pyrrole nitrogens is 1. The highest BCUT2D eigenvalue weighted by Gasteiger charge is 2.15. The van der Waals surface area contributed by atoms with E-state index in [9.17, 15) is 4.79 Å². The van der Waals surface area contributed by atoms with Gasteiger partial charge in [-0.3, -0.25) is 9.89 Å². The monoisotopic (exact) mass is 414 g/mol. The molecule has 0 aliphatic carbocycles. The van der Waals surface area contributed by atoms with Crippen LogP contribution in [0.15, 0.2) is 53.5 Å². The maximum atomic E-state index is 12.5. The maximum absolute atomic E-state index is 12.5. The van der Waals surface area contributed by atoms with Crippen LogP contribution in [0.5, 0.6) is 11.5 Å². The van der Waals surface area contributed by atoms with Crippen LogP contribution in [-0.2, 0) is 0 Å². The first-order valence-electron chi connectivity index (χ1n) is 8.55. The lowest BCUT2D eigenvalue weighted by Gasteiger charge is -2.18. The number of nitrogens with two attached hydrogens (primary N) is 2. The second-order valence-electron chi connectivity index (χ2n) is 6.06. The number of fused-ring (bicyclic) bond motifs is 1. The molecule has 2 heterocycles. The number of hydrogen-bond acceptors (Lipinski definition) is 5. The Kier molecular flexibility index (Phi) is 5.89. The Morgan fingerprint density at radius 3 is 2.48 bits per heavy atom. The maximum Gasteiger partial charge on any atom is 0.273 e. The summed E-state index contributed by atoms with van der Waals surface area (Å²) in [5, 5.41) is 9.75. The number of aromatic nitrogens is 2. The number of guanidine groups is 1. The predicted molar refractivity (Wildman–Crippen MR) is 112 cm³/mol. The number of carbonyl (C=O) groups excluding carboxylic acids is 1. The summed E-state index contributed by atoms with van der Waals surface area (Å²) in [6, 6.07) is 14.1. The number of hydrogen-bond donors (Lipinski definition) is 4. The average Bonchev–Trinajstić information content (AvgIpc) is 3.18. The van der Waals surface area contributed by atoms with Gasteiger partial charge in [0.25, 0.3) is 5.91 Å². The molecule has 0 unspecified atom stereocenters. The minimum Gasteiger partial charge on any atom is -0.486 e. The van der Waals surface area contributed by atoms with Gasteiger partial charge in [0, 0.05) is 17.3 Å². The molecule has 0 bridgehead atoms. The van der Waals surface area contributed by atoms with E-state index in [0.29, 0.717) is 47.5 Å². The average molecular weight is 415 g/mol. The quantitative estimate of drug-likeness (QED) is 0.381. The highest BCUT2D eigenvalue weighted by molar-refractivity contribution is 6.03. The second kappa shape index (κ2) is 8.53. The summed E-state index contributed by atoms with van der Waals surface area (Å²) in [5.74, 6) is 0.950. The molecule has 29 heavy (non-hydrogen) atoms. The van der Waals surface area contributed by atoms with Crippen molar-refractivity contribution in [2.24, 2.45) is 16.5 Å². The smallest absolute Gasteiger partial charge is 0.273 e. The van der Waals surface area contributed by atoms with Gasteiger partial charge in [-0.05, 0) is 30.3 Å². The first-order valence-corrected chi connectivity index (χ1v) is 8.55. The zero-order valence-corrected chi connectivity index (χ0v) is 16.0. The third-order valence-electron chi connectivity index (χ3n) is 4.04. The summed E-state index contributed by atoms with van der Waals surface area (Å²) in [5.41, 5.74) is 13.7. The minimum atomic E-state index is -0.312. The summed E-state index contributed by atoms with van der Waals surface area (Å²) in [6.07, 6.45) is 0. The van der Waals surface area contributed by atoms with Gasteiger partial charge in [0.15, 0.2) is 17.5 Å². The van der Waals surface area contributed by atoms with Crippen LogP contribution in [0.4, 0.5) is 11.4 Å². The van der Waals surface area contributed by atoms with E-state index < -0.39 is 0 Å². The Morgan fingerprint density at radius 1 is 1.03 bits per heavy atom. The fourth-order valence-corrected chi connectivity index (χ4v) is 2.76. The van der Waals surface area contributed by atoms with Gasteiger partial charge in [-0.15, -0.1) is 12.4 Å². The molecular weight excluding hydrogens is 396 g/mol. The van der Waals surface area contributed by atoms with Crippen LogP contribution in [0, 0.1) is 0 Å². The highest BCUT2D eigenvalue weighted by atomic mass is 35.5. The molecule has 2 aromatic carbocycles. The second-order valence-corrected chi connectivity index (χ2v) is 6.06. The van der Waals surface area contributed by atoms with E-state index >= 15 is 0 Å². The third kappa shape index (κ3) is 4.58. The first-order chi connectivity index (χ1) is 13.6. The molecule has 150 valence electrons. The number of anilines is 1. The van der Waals surface area contributed by atoms with E-state index in [1.165, 1.54) is 0 Å². The number of halogens is 1. The fraction of sp³-hybridized carbons (Fsp3) is 0.105. The van der Waals surface area contributed by atoms with Crippen molar-refractivity contribution in [3.8, 4) is 22.8 Å². The summed E-state index contributed by atoms with van der Waals surface area (Å²) < 4.78 is 11.0. The largest absolute Gasteiger partial charge is 0.486 e. The molecule has 0 saturated carbocycles. The van der Waals surface area contributed by atoms with E-state index in [2.05, 4.69) is 20.5 Å². The van der Waals surface area contributed by atoms with E-state index in [0.717, 1.165) is 5.56 Å². The lowest BCUT2D eigenvalue weighted by Crippen LogP contribution is -2.21. The Balaban J connectivity index is 0.00000240. The summed E-state index contributed by atoms with van der Waals surface area (Å²) in [7, 11) is 0. The lowest BCUT2D eigenvalue weighted by atomic mass is 10.1. The van der Waals surface area contributed by atoms with Crippen molar-refractivity contribution >= 4 is 35.6 Å². The molecule has 1 aliphatic rings. The number of rotatable bonds is 4. The zero-order chi connectivity index (χ0) is 19.5.